The first-order valence-electron chi connectivity index (χ1n) is 7.13. The van der Waals surface area contributed by atoms with Gasteiger partial charge in [-0.1, -0.05) is 0 Å². The molecule has 9 nitrogen and oxygen atoms in total. The summed E-state index contributed by atoms with van der Waals surface area (Å²) in [6.45, 7) is 0. The zero-order valence-corrected chi connectivity index (χ0v) is 17.0. The van der Waals surface area contributed by atoms with Crippen molar-refractivity contribution in [2.75, 3.05) is 0 Å². The highest BCUT2D eigenvalue weighted by atomic mass is 35.5. The Balaban J connectivity index is 1.97. The molecule has 0 bridgehead atoms. The van der Waals surface area contributed by atoms with Gasteiger partial charge in [-0.3, -0.25) is 4.18 Å². The maximum absolute atomic E-state index is 13.9. The molecular formula is C10H9Cl2F4O9S3-. The van der Waals surface area contributed by atoms with Gasteiger partial charge in [0, 0.05) is 12.8 Å². The van der Waals surface area contributed by atoms with Gasteiger partial charge in [-0.25, -0.2) is 30.2 Å². The number of hydrogen-bond donors (Lipinski definition) is 0. The van der Waals surface area contributed by atoms with Crippen LogP contribution in [0.4, 0.5) is 17.6 Å². The molecule has 4 atom stereocenters. The normalized spacial score (nSPS) is 38.5. The Morgan fingerprint density at radius 3 is 1.64 bits per heavy atom. The average Bonchev–Trinajstić information content (AvgIpc) is 3.29. The van der Waals surface area contributed by atoms with Crippen molar-refractivity contribution in [3.63, 3.8) is 0 Å². The van der Waals surface area contributed by atoms with E-state index in [1.54, 1.807) is 0 Å². The minimum absolute atomic E-state index is 0.498. The highest BCUT2D eigenvalue weighted by molar-refractivity contribution is 7.91. The van der Waals surface area contributed by atoms with Crippen LogP contribution >= 0.6 is 23.2 Å². The summed E-state index contributed by atoms with van der Waals surface area (Å²) in [5.74, 6) is -8.21. The summed E-state index contributed by atoms with van der Waals surface area (Å²) in [6.07, 6.45) is -7.37. The molecule has 3 aliphatic rings. The molecule has 0 aromatic carbocycles. The molecule has 0 amide bonds. The highest BCUT2D eigenvalue weighted by Gasteiger charge is 2.78. The van der Waals surface area contributed by atoms with Crippen LogP contribution in [-0.2, 0) is 38.7 Å². The standard InChI is InChI=1S/C10H10Cl2F4O9S3/c11-7(12)1-4(7)27(19,20)25-10(28(21,22)23)3-9(15,16)6(10)24-26(17,18)5-2-8(5,13)14/h4-6H,1-3H2,(H,21,22,23)/p-1. The molecule has 28 heavy (non-hydrogen) atoms. The van der Waals surface area contributed by atoms with Gasteiger partial charge >= 0.3 is 0 Å². The topological polar surface area (TPSA) is 144 Å². The van der Waals surface area contributed by atoms with Gasteiger partial charge in [0.1, 0.15) is 19.7 Å². The van der Waals surface area contributed by atoms with Crippen LogP contribution in [0, 0.1) is 0 Å². The van der Waals surface area contributed by atoms with E-state index in [0.29, 0.717) is 0 Å². The third-order valence-electron chi connectivity index (χ3n) is 4.41. The zero-order chi connectivity index (χ0) is 21.8. The largest absolute Gasteiger partial charge is 0.746 e. The van der Waals surface area contributed by atoms with Crippen LogP contribution < -0.4 is 0 Å². The summed E-state index contributed by atoms with van der Waals surface area (Å²) in [7, 11) is -16.8. The zero-order valence-electron chi connectivity index (χ0n) is 13.0. The molecule has 0 heterocycles. The lowest BCUT2D eigenvalue weighted by atomic mass is 9.86. The number of hydrogen-bond acceptors (Lipinski definition) is 9. The molecule has 0 aromatic heterocycles. The van der Waals surface area contributed by atoms with E-state index in [1.165, 1.54) is 0 Å². The Morgan fingerprint density at radius 2 is 1.32 bits per heavy atom. The first-order valence-corrected chi connectivity index (χ1v) is 12.2. The summed E-state index contributed by atoms with van der Waals surface area (Å²) in [4.78, 5) is -3.90. The van der Waals surface area contributed by atoms with Gasteiger partial charge in [-0.05, 0) is 0 Å². The van der Waals surface area contributed by atoms with Crippen LogP contribution in [0.25, 0.3) is 0 Å². The molecule has 3 rings (SSSR count). The van der Waals surface area contributed by atoms with Gasteiger partial charge in [0.15, 0.2) is 11.4 Å². The van der Waals surface area contributed by atoms with Crippen molar-refractivity contribution in [1.29, 1.82) is 0 Å². The molecule has 0 N–H and O–H groups in total. The third kappa shape index (κ3) is 3.52. The molecule has 0 saturated heterocycles. The van der Waals surface area contributed by atoms with Gasteiger partial charge < -0.3 is 4.55 Å². The highest BCUT2D eigenvalue weighted by Crippen LogP contribution is 2.58. The van der Waals surface area contributed by atoms with Gasteiger partial charge in [-0.2, -0.15) is 16.8 Å². The van der Waals surface area contributed by atoms with E-state index in [0.717, 1.165) is 0 Å². The third-order valence-corrected chi connectivity index (χ3v) is 10.4. The minimum Gasteiger partial charge on any atom is -0.746 e. The number of halogens is 6. The first kappa shape index (κ1) is 22.7. The van der Waals surface area contributed by atoms with Crippen LogP contribution in [0.3, 0.4) is 0 Å². The molecule has 0 aromatic rings. The van der Waals surface area contributed by atoms with Crippen LogP contribution in [0.15, 0.2) is 0 Å². The first-order chi connectivity index (χ1) is 12.2. The van der Waals surface area contributed by atoms with Crippen molar-refractivity contribution < 1.29 is 55.7 Å². The predicted octanol–water partition coefficient (Wildman–Crippen LogP) is 0.682. The predicted molar refractivity (Wildman–Crippen MR) is 82.0 cm³/mol. The Kier molecular flexibility index (Phi) is 4.73. The maximum Gasteiger partial charge on any atom is 0.283 e. The fraction of sp³-hybridized carbons (Fsp3) is 1.00. The van der Waals surface area contributed by atoms with E-state index < -0.39 is 87.3 Å². The summed E-state index contributed by atoms with van der Waals surface area (Å²) in [5.41, 5.74) is 0. The van der Waals surface area contributed by atoms with Crippen molar-refractivity contribution in [3.05, 3.63) is 0 Å². The fourth-order valence-corrected chi connectivity index (χ4v) is 8.41. The van der Waals surface area contributed by atoms with Gasteiger partial charge in [0.25, 0.3) is 32.1 Å². The molecule has 0 spiro atoms. The molecule has 0 aliphatic heterocycles. The SMILES string of the molecule is O=S(=O)(OC1C(F)(F)CC1(OS(=O)(=O)C1CC1(Cl)Cl)S(=O)(=O)[O-])C1CC1(F)F. The van der Waals surface area contributed by atoms with Crippen LogP contribution in [0.2, 0.25) is 0 Å². The molecule has 0 radical (unpaired) electrons. The molecule has 164 valence electrons. The van der Waals surface area contributed by atoms with Crippen LogP contribution in [0.1, 0.15) is 19.3 Å². The summed E-state index contributed by atoms with van der Waals surface area (Å²) in [5, 5.41) is -4.34. The monoisotopic (exact) mass is 515 g/mol. The van der Waals surface area contributed by atoms with E-state index in [-0.39, 0.29) is 0 Å². The second kappa shape index (κ2) is 5.83. The molecule has 18 heteroatoms. The second-order valence-electron chi connectivity index (χ2n) is 6.66. The Labute approximate surface area is 166 Å². The van der Waals surface area contributed by atoms with Gasteiger partial charge in [0.2, 0.25) is 4.93 Å². The van der Waals surface area contributed by atoms with Gasteiger partial charge in [-0.15, -0.1) is 23.2 Å². The smallest absolute Gasteiger partial charge is 0.283 e. The van der Waals surface area contributed by atoms with Crippen molar-refractivity contribution in [3.8, 4) is 0 Å². The summed E-state index contributed by atoms with van der Waals surface area (Å²) < 4.78 is 142. The van der Waals surface area contributed by atoms with Crippen molar-refractivity contribution in [1.82, 2.24) is 0 Å². The fourth-order valence-electron chi connectivity index (χ4n) is 2.64. The lowest BCUT2D eigenvalue weighted by Crippen LogP contribution is -2.72. The van der Waals surface area contributed by atoms with Crippen molar-refractivity contribution in [2.45, 2.75) is 57.0 Å². The van der Waals surface area contributed by atoms with Gasteiger partial charge in [0.05, 0.1) is 6.42 Å². The summed E-state index contributed by atoms with van der Waals surface area (Å²) >= 11 is 11.0. The minimum atomic E-state index is -6.13. The quantitative estimate of drug-likeness (QED) is 0.207. The Morgan fingerprint density at radius 1 is 0.857 bits per heavy atom. The maximum atomic E-state index is 13.9. The Bertz CT molecular complexity index is 1030. The van der Waals surface area contributed by atoms with Crippen molar-refractivity contribution >= 4 is 53.6 Å². The number of alkyl halides is 6. The van der Waals surface area contributed by atoms with E-state index in [2.05, 4.69) is 8.37 Å². The summed E-state index contributed by atoms with van der Waals surface area (Å²) in [6, 6.07) is 0. The molecule has 3 fully saturated rings. The van der Waals surface area contributed by atoms with E-state index in [9.17, 15) is 47.4 Å². The Hall–Kier alpha value is 0.0300. The molecule has 3 saturated carbocycles. The molecular weight excluding hydrogens is 507 g/mol. The molecule has 4 unspecified atom stereocenters. The average molecular weight is 516 g/mol. The lowest BCUT2D eigenvalue weighted by molar-refractivity contribution is -0.237. The van der Waals surface area contributed by atoms with E-state index >= 15 is 0 Å². The van der Waals surface area contributed by atoms with Crippen LogP contribution in [0.5, 0.6) is 0 Å². The van der Waals surface area contributed by atoms with E-state index in [1.807, 2.05) is 0 Å². The van der Waals surface area contributed by atoms with E-state index in [4.69, 9.17) is 23.2 Å². The van der Waals surface area contributed by atoms with Crippen molar-refractivity contribution in [2.24, 2.45) is 0 Å². The lowest BCUT2D eigenvalue weighted by Gasteiger charge is -2.51. The molecule has 3 aliphatic carbocycles. The number of rotatable bonds is 7. The van der Waals surface area contributed by atoms with Crippen LogP contribution in [-0.4, -0.2) is 67.5 Å². The second-order valence-corrected chi connectivity index (χ2v) is 13.3.